The first-order chi connectivity index (χ1) is 19.7. The molecule has 42 heavy (non-hydrogen) atoms. The van der Waals surface area contributed by atoms with E-state index in [1.165, 1.54) is 34.3 Å². The van der Waals surface area contributed by atoms with Crippen molar-refractivity contribution in [3.63, 3.8) is 0 Å². The van der Waals surface area contributed by atoms with Gasteiger partial charge in [-0.15, -0.1) is 0 Å². The smallest absolute Gasteiger partial charge is 0.397 e. The van der Waals surface area contributed by atoms with Gasteiger partial charge in [-0.3, -0.25) is 14.5 Å². The molecule has 0 aliphatic heterocycles. The van der Waals surface area contributed by atoms with Gasteiger partial charge in [0.25, 0.3) is 5.91 Å². The van der Waals surface area contributed by atoms with Crippen LogP contribution >= 0.6 is 0 Å². The minimum absolute atomic E-state index is 0.131. The molecule has 5 N–H and O–H groups in total. The molecule has 0 saturated heterocycles. The molecule has 13 heteroatoms. The molecule has 0 fully saturated rings. The van der Waals surface area contributed by atoms with Gasteiger partial charge in [-0.2, -0.15) is 18.3 Å². The zero-order valence-electron chi connectivity index (χ0n) is 24.7. The maximum atomic E-state index is 15.2. The van der Waals surface area contributed by atoms with Gasteiger partial charge in [0, 0.05) is 55.4 Å². The number of hydrazine groups is 1. The number of hydrogen-bond acceptors (Lipinski definition) is 7. The van der Waals surface area contributed by atoms with Crippen LogP contribution in [0.3, 0.4) is 0 Å². The van der Waals surface area contributed by atoms with E-state index in [4.69, 9.17) is 11.6 Å². The number of alkyl halides is 3. The van der Waals surface area contributed by atoms with Crippen LogP contribution in [0.25, 0.3) is 5.70 Å². The van der Waals surface area contributed by atoms with Crippen molar-refractivity contribution in [1.82, 2.24) is 14.7 Å². The number of carbonyl (C=O) groups is 1. The number of anilines is 3. The molecule has 9 nitrogen and oxygen atoms in total. The lowest BCUT2D eigenvalue weighted by atomic mass is 10.1. The van der Waals surface area contributed by atoms with E-state index >= 15 is 4.39 Å². The molecule has 0 saturated carbocycles. The zero-order valence-corrected chi connectivity index (χ0v) is 24.7. The van der Waals surface area contributed by atoms with Gasteiger partial charge in [-0.25, -0.2) is 10.2 Å². The van der Waals surface area contributed by atoms with Gasteiger partial charge in [0.15, 0.2) is 5.82 Å². The predicted molar refractivity (Wildman–Crippen MR) is 158 cm³/mol. The Bertz CT molecular complexity index is 1450. The number of nitrogens with zero attached hydrogens (tertiary/aromatic N) is 5. The fourth-order valence-electron chi connectivity index (χ4n) is 4.32. The number of nitrogens with one attached hydrogen (secondary N) is 1. The number of halogens is 4. The molecule has 1 aromatic heterocycles. The van der Waals surface area contributed by atoms with Crippen molar-refractivity contribution in [3.05, 3.63) is 76.5 Å². The average molecular weight is 591 g/mol. The van der Waals surface area contributed by atoms with Gasteiger partial charge in [0.2, 0.25) is 0 Å². The molecule has 2 aromatic carbocycles. The molecule has 1 amide bonds. The van der Waals surface area contributed by atoms with Crippen LogP contribution in [0.15, 0.2) is 42.7 Å². The van der Waals surface area contributed by atoms with Crippen LogP contribution in [0.5, 0.6) is 0 Å². The molecule has 0 unspecified atom stereocenters. The Balaban J connectivity index is 1.94. The first kappa shape index (κ1) is 32.4. The summed E-state index contributed by atoms with van der Waals surface area (Å²) in [6, 6.07) is 6.51. The van der Waals surface area contributed by atoms with Gasteiger partial charge in [0.1, 0.15) is 0 Å². The highest BCUT2D eigenvalue weighted by Gasteiger charge is 2.36. The maximum Gasteiger partial charge on any atom is 0.419 e. The number of hydrogen-bond donors (Lipinski definition) is 3. The summed E-state index contributed by atoms with van der Waals surface area (Å²) in [6.07, 6.45) is -1.86. The second-order valence-electron chi connectivity index (χ2n) is 10.0. The molecule has 0 atom stereocenters. The molecular weight excluding hydrogens is 552 g/mol. The minimum atomic E-state index is -4.96. The normalized spacial score (nSPS) is 12.1. The van der Waals surface area contributed by atoms with Gasteiger partial charge >= 0.3 is 6.18 Å². The molecule has 3 aromatic rings. The third kappa shape index (κ3) is 7.39. The van der Waals surface area contributed by atoms with Crippen LogP contribution in [-0.2, 0) is 13.2 Å². The van der Waals surface area contributed by atoms with E-state index in [1.807, 2.05) is 25.8 Å². The summed E-state index contributed by atoms with van der Waals surface area (Å²) in [5.74, 6) is 4.19. The van der Waals surface area contributed by atoms with Crippen molar-refractivity contribution in [3.8, 4) is 0 Å². The standard InChI is InChI=1S/C29H38F4N8O/c1-7-38(5)11-12-40(8-2)26-15-21(14-23(27(26)30)29(31,32)33)37-28(42)20-10-9-18(3)25(13-20)41(35)17-24(34)22-16-36-39(6)19(22)4/h9-10,13-17H,7-8,11-12,34-35H2,1-6H3,(H,37,42)/b24-17-. The lowest BCUT2D eigenvalue weighted by Crippen LogP contribution is -2.34. The van der Waals surface area contributed by atoms with Crippen LogP contribution in [0.4, 0.5) is 34.6 Å². The van der Waals surface area contributed by atoms with Crippen LogP contribution in [0, 0.1) is 19.7 Å². The highest BCUT2D eigenvalue weighted by atomic mass is 19.4. The van der Waals surface area contributed by atoms with E-state index in [-0.39, 0.29) is 23.5 Å². The molecular formula is C29H38F4N8O. The molecule has 0 bridgehead atoms. The lowest BCUT2D eigenvalue weighted by molar-refractivity contribution is -0.139. The summed E-state index contributed by atoms with van der Waals surface area (Å²) >= 11 is 0. The maximum absolute atomic E-state index is 15.2. The summed E-state index contributed by atoms with van der Waals surface area (Å²) in [6.45, 7) is 9.13. The first-order valence-corrected chi connectivity index (χ1v) is 13.4. The molecule has 0 radical (unpaired) electrons. The fraction of sp³-hybridized carbons (Fsp3) is 0.379. The van der Waals surface area contributed by atoms with Crippen molar-refractivity contribution in [2.24, 2.45) is 18.6 Å². The molecule has 0 aliphatic carbocycles. The Morgan fingerprint density at radius 1 is 1.10 bits per heavy atom. The second-order valence-corrected chi connectivity index (χ2v) is 10.0. The highest BCUT2D eigenvalue weighted by molar-refractivity contribution is 6.05. The summed E-state index contributed by atoms with van der Waals surface area (Å²) < 4.78 is 58.3. The number of amides is 1. The van der Waals surface area contributed by atoms with Crippen molar-refractivity contribution < 1.29 is 22.4 Å². The SMILES string of the molecule is CCN(C)CCN(CC)c1cc(NC(=O)c2ccc(C)c(N(N)/C=C(\N)c3cnn(C)c3C)c2)cc(C(F)(F)F)c1F. The number of benzene rings is 2. The number of likely N-dealkylation sites (N-methyl/N-ethyl adjacent to an activating group) is 2. The van der Waals surface area contributed by atoms with Crippen LogP contribution in [0.2, 0.25) is 0 Å². The highest BCUT2D eigenvalue weighted by Crippen LogP contribution is 2.38. The number of carbonyl (C=O) groups excluding carboxylic acids is 1. The summed E-state index contributed by atoms with van der Waals surface area (Å²) in [5.41, 5.74) is 7.52. The van der Waals surface area contributed by atoms with E-state index < -0.39 is 23.5 Å². The van der Waals surface area contributed by atoms with Crippen LogP contribution in [-0.4, -0.2) is 53.8 Å². The molecule has 1 heterocycles. The molecule has 0 aliphatic rings. The Morgan fingerprint density at radius 2 is 1.79 bits per heavy atom. The second kappa shape index (κ2) is 13.3. The zero-order chi connectivity index (χ0) is 31.4. The van der Waals surface area contributed by atoms with E-state index in [0.29, 0.717) is 36.1 Å². The van der Waals surface area contributed by atoms with Crippen molar-refractivity contribution in [2.45, 2.75) is 33.9 Å². The van der Waals surface area contributed by atoms with Crippen LogP contribution in [0.1, 0.15) is 46.6 Å². The average Bonchev–Trinajstić information content (AvgIpc) is 3.27. The Hall–Kier alpha value is -4.10. The number of nitrogens with two attached hydrogens (primary N) is 2. The largest absolute Gasteiger partial charge is 0.419 e. The summed E-state index contributed by atoms with van der Waals surface area (Å²) in [4.78, 5) is 16.7. The monoisotopic (exact) mass is 590 g/mol. The Morgan fingerprint density at radius 3 is 2.36 bits per heavy atom. The van der Waals surface area contributed by atoms with E-state index in [2.05, 4.69) is 10.4 Å². The number of aromatic nitrogens is 2. The Kier molecular flexibility index (Phi) is 10.2. The van der Waals surface area contributed by atoms with Gasteiger partial charge in [-0.1, -0.05) is 13.0 Å². The van der Waals surface area contributed by atoms with Gasteiger partial charge in [0.05, 0.1) is 28.8 Å². The van der Waals surface area contributed by atoms with Crippen molar-refractivity contribution in [1.29, 1.82) is 0 Å². The number of aryl methyl sites for hydroxylation is 2. The van der Waals surface area contributed by atoms with E-state index in [1.54, 1.807) is 37.8 Å². The predicted octanol–water partition coefficient (Wildman–Crippen LogP) is 4.86. The van der Waals surface area contributed by atoms with E-state index in [9.17, 15) is 18.0 Å². The van der Waals surface area contributed by atoms with Crippen molar-refractivity contribution >= 4 is 28.7 Å². The molecule has 228 valence electrons. The summed E-state index contributed by atoms with van der Waals surface area (Å²) in [7, 11) is 3.65. The summed E-state index contributed by atoms with van der Waals surface area (Å²) in [5, 5.41) is 7.93. The van der Waals surface area contributed by atoms with Crippen LogP contribution < -0.4 is 26.8 Å². The third-order valence-electron chi connectivity index (χ3n) is 7.20. The topological polar surface area (TPSA) is 109 Å². The third-order valence-corrected chi connectivity index (χ3v) is 7.20. The van der Waals surface area contributed by atoms with Gasteiger partial charge < -0.3 is 20.9 Å². The molecule has 0 spiro atoms. The number of rotatable bonds is 11. The molecule has 3 rings (SSSR count). The lowest BCUT2D eigenvalue weighted by Gasteiger charge is -2.28. The van der Waals surface area contributed by atoms with Crippen molar-refractivity contribution in [2.75, 3.05) is 48.5 Å². The van der Waals surface area contributed by atoms with Gasteiger partial charge in [-0.05, 0) is 64.2 Å². The first-order valence-electron chi connectivity index (χ1n) is 13.4. The minimum Gasteiger partial charge on any atom is -0.397 e. The quantitative estimate of drug-likeness (QED) is 0.166. The fourth-order valence-corrected chi connectivity index (χ4v) is 4.32. The Labute approximate surface area is 243 Å². The van der Waals surface area contributed by atoms with E-state index in [0.717, 1.165) is 17.8 Å².